The third-order valence-electron chi connectivity index (χ3n) is 2.85. The van der Waals surface area contributed by atoms with E-state index in [2.05, 4.69) is 39.3 Å². The summed E-state index contributed by atoms with van der Waals surface area (Å²) in [7, 11) is 0. The fourth-order valence-electron chi connectivity index (χ4n) is 2.03. The zero-order chi connectivity index (χ0) is 13.8. The topological polar surface area (TPSA) is 53.1 Å². The van der Waals surface area contributed by atoms with Crippen LogP contribution < -0.4 is 15.5 Å². The van der Waals surface area contributed by atoms with E-state index in [1.807, 2.05) is 6.26 Å². The monoisotopic (exact) mass is 301 g/mol. The van der Waals surface area contributed by atoms with Crippen molar-refractivity contribution in [1.29, 1.82) is 0 Å². The molecular formula is C12H20ClN5S. The largest absolute Gasteiger partial charge is 0.364 e. The highest BCUT2D eigenvalue weighted by Gasteiger charge is 2.20. The standard InChI is InChI=1S/C12H20ClN5S/c1-8(2)15-12-16-10(13)9(11(17-12)19-3)18-6-4-14-5-7-18/h8,14H,4-7H2,1-3H3,(H,15,16,17). The Labute approximate surface area is 123 Å². The van der Waals surface area contributed by atoms with E-state index in [0.717, 1.165) is 36.9 Å². The van der Waals surface area contributed by atoms with Gasteiger partial charge < -0.3 is 15.5 Å². The van der Waals surface area contributed by atoms with Gasteiger partial charge in [0.1, 0.15) is 10.7 Å². The lowest BCUT2D eigenvalue weighted by Gasteiger charge is -2.30. The van der Waals surface area contributed by atoms with E-state index < -0.39 is 0 Å². The molecule has 0 saturated carbocycles. The van der Waals surface area contributed by atoms with Crippen LogP contribution >= 0.6 is 23.4 Å². The molecule has 2 N–H and O–H groups in total. The average molecular weight is 302 g/mol. The molecule has 106 valence electrons. The highest BCUT2D eigenvalue weighted by molar-refractivity contribution is 7.98. The fourth-order valence-corrected chi connectivity index (χ4v) is 2.97. The highest BCUT2D eigenvalue weighted by atomic mass is 35.5. The Bertz CT molecular complexity index is 434. The van der Waals surface area contributed by atoms with Gasteiger partial charge in [0.2, 0.25) is 5.95 Å². The molecule has 1 fully saturated rings. The number of nitrogens with one attached hydrogen (secondary N) is 2. The van der Waals surface area contributed by atoms with E-state index in [4.69, 9.17) is 11.6 Å². The van der Waals surface area contributed by atoms with E-state index in [1.54, 1.807) is 11.8 Å². The van der Waals surface area contributed by atoms with Gasteiger partial charge in [0.15, 0.2) is 5.15 Å². The van der Waals surface area contributed by atoms with Crippen LogP contribution in [0.2, 0.25) is 5.15 Å². The van der Waals surface area contributed by atoms with Crippen LogP contribution in [0.5, 0.6) is 0 Å². The smallest absolute Gasteiger partial charge is 0.225 e. The molecule has 2 heterocycles. The minimum atomic E-state index is 0.288. The van der Waals surface area contributed by atoms with E-state index in [0.29, 0.717) is 11.1 Å². The number of halogens is 1. The number of anilines is 2. The minimum absolute atomic E-state index is 0.288. The molecule has 2 rings (SSSR count). The van der Waals surface area contributed by atoms with Crippen molar-refractivity contribution < 1.29 is 0 Å². The number of thioether (sulfide) groups is 1. The van der Waals surface area contributed by atoms with Crippen LogP contribution in [0.25, 0.3) is 0 Å². The predicted octanol–water partition coefficient (Wildman–Crippen LogP) is 2.08. The van der Waals surface area contributed by atoms with Crippen LogP contribution in [-0.4, -0.2) is 48.4 Å². The molecule has 19 heavy (non-hydrogen) atoms. The average Bonchev–Trinajstić information content (AvgIpc) is 2.38. The molecule has 0 bridgehead atoms. The summed E-state index contributed by atoms with van der Waals surface area (Å²) >= 11 is 7.97. The van der Waals surface area contributed by atoms with Crippen molar-refractivity contribution in [3.63, 3.8) is 0 Å². The number of hydrogen-bond donors (Lipinski definition) is 2. The number of aromatic nitrogens is 2. The molecule has 0 amide bonds. The molecule has 1 saturated heterocycles. The summed E-state index contributed by atoms with van der Waals surface area (Å²) in [6, 6.07) is 0.288. The van der Waals surface area contributed by atoms with Gasteiger partial charge in [-0.3, -0.25) is 0 Å². The lowest BCUT2D eigenvalue weighted by Crippen LogP contribution is -2.44. The van der Waals surface area contributed by atoms with Crippen LogP contribution in [0.4, 0.5) is 11.6 Å². The summed E-state index contributed by atoms with van der Waals surface area (Å²) < 4.78 is 0. The molecule has 0 spiro atoms. The summed E-state index contributed by atoms with van der Waals surface area (Å²) in [5.74, 6) is 0.600. The third-order valence-corrected chi connectivity index (χ3v) is 3.79. The Hall–Kier alpha value is -0.720. The van der Waals surface area contributed by atoms with Gasteiger partial charge >= 0.3 is 0 Å². The first-order valence-corrected chi connectivity index (χ1v) is 8.06. The molecule has 0 aromatic carbocycles. The molecule has 7 heteroatoms. The van der Waals surface area contributed by atoms with Crippen LogP contribution in [0.15, 0.2) is 5.03 Å². The molecule has 1 aliphatic heterocycles. The molecule has 0 radical (unpaired) electrons. The van der Waals surface area contributed by atoms with Gasteiger partial charge in [0, 0.05) is 32.2 Å². The van der Waals surface area contributed by atoms with Gasteiger partial charge in [-0.1, -0.05) is 11.6 Å². The zero-order valence-electron chi connectivity index (χ0n) is 11.5. The molecule has 0 aliphatic carbocycles. The van der Waals surface area contributed by atoms with Gasteiger partial charge in [0.05, 0.1) is 0 Å². The second-order valence-corrected chi connectivity index (χ2v) is 5.88. The molecule has 5 nitrogen and oxygen atoms in total. The first-order valence-electron chi connectivity index (χ1n) is 6.45. The second-order valence-electron chi connectivity index (χ2n) is 4.73. The van der Waals surface area contributed by atoms with Crippen molar-refractivity contribution in [1.82, 2.24) is 15.3 Å². The minimum Gasteiger partial charge on any atom is -0.364 e. The molecule has 1 aromatic heterocycles. The summed E-state index contributed by atoms with van der Waals surface area (Å²) in [5.41, 5.74) is 0.963. The molecule has 1 aliphatic rings. The Kier molecular flexibility index (Phi) is 5.13. The number of nitrogens with zero attached hydrogens (tertiary/aromatic N) is 3. The first kappa shape index (κ1) is 14.7. The van der Waals surface area contributed by atoms with Crippen LogP contribution in [-0.2, 0) is 0 Å². The molecular weight excluding hydrogens is 282 g/mol. The van der Waals surface area contributed by atoms with Crippen molar-refractivity contribution in [2.75, 3.05) is 42.7 Å². The SMILES string of the molecule is CSc1nc(NC(C)C)nc(Cl)c1N1CCNCC1. The van der Waals surface area contributed by atoms with Gasteiger partial charge in [-0.05, 0) is 20.1 Å². The maximum absolute atomic E-state index is 6.36. The summed E-state index contributed by atoms with van der Waals surface area (Å²) in [6.07, 6.45) is 2.02. The summed E-state index contributed by atoms with van der Waals surface area (Å²) in [6.45, 7) is 7.92. The van der Waals surface area contributed by atoms with E-state index in [-0.39, 0.29) is 6.04 Å². The van der Waals surface area contributed by atoms with Crippen LogP contribution in [0.3, 0.4) is 0 Å². The van der Waals surface area contributed by atoms with Crippen molar-refractivity contribution in [3.05, 3.63) is 5.15 Å². The first-order chi connectivity index (χ1) is 9.11. The second kappa shape index (κ2) is 6.63. The highest BCUT2D eigenvalue weighted by Crippen LogP contribution is 2.34. The van der Waals surface area contributed by atoms with Crippen LogP contribution in [0, 0.1) is 0 Å². The van der Waals surface area contributed by atoms with Crippen LogP contribution in [0.1, 0.15) is 13.8 Å². The van der Waals surface area contributed by atoms with Gasteiger partial charge in [0.25, 0.3) is 0 Å². The molecule has 0 unspecified atom stereocenters. The molecule has 1 aromatic rings. The molecule has 0 atom stereocenters. The number of rotatable bonds is 4. The lowest BCUT2D eigenvalue weighted by molar-refractivity contribution is 0.584. The van der Waals surface area contributed by atoms with Crippen molar-refractivity contribution >= 4 is 35.0 Å². The third kappa shape index (κ3) is 3.64. The zero-order valence-corrected chi connectivity index (χ0v) is 13.1. The quantitative estimate of drug-likeness (QED) is 0.656. The number of hydrogen-bond acceptors (Lipinski definition) is 6. The van der Waals surface area contributed by atoms with E-state index in [1.165, 1.54) is 0 Å². The lowest BCUT2D eigenvalue weighted by atomic mass is 10.3. The Morgan fingerprint density at radius 1 is 1.32 bits per heavy atom. The Morgan fingerprint density at radius 3 is 2.58 bits per heavy atom. The maximum atomic E-state index is 6.36. The van der Waals surface area contributed by atoms with Crippen molar-refractivity contribution in [2.24, 2.45) is 0 Å². The van der Waals surface area contributed by atoms with Gasteiger partial charge in [-0.25, -0.2) is 4.98 Å². The number of piperazine rings is 1. The maximum Gasteiger partial charge on any atom is 0.225 e. The fraction of sp³-hybridized carbons (Fsp3) is 0.667. The normalized spacial score (nSPS) is 15.9. The van der Waals surface area contributed by atoms with E-state index in [9.17, 15) is 0 Å². The summed E-state index contributed by atoms with van der Waals surface area (Å²) in [5, 5.41) is 8.00. The predicted molar refractivity (Wildman–Crippen MR) is 82.7 cm³/mol. The van der Waals surface area contributed by atoms with Crippen molar-refractivity contribution in [2.45, 2.75) is 24.9 Å². The van der Waals surface area contributed by atoms with Crippen molar-refractivity contribution in [3.8, 4) is 0 Å². The Morgan fingerprint density at radius 2 is 2.00 bits per heavy atom. The van der Waals surface area contributed by atoms with E-state index >= 15 is 0 Å². The Balaban J connectivity index is 2.31. The summed E-state index contributed by atoms with van der Waals surface area (Å²) in [4.78, 5) is 11.2. The van der Waals surface area contributed by atoms with Gasteiger partial charge in [-0.15, -0.1) is 11.8 Å². The van der Waals surface area contributed by atoms with Gasteiger partial charge in [-0.2, -0.15) is 4.98 Å².